The zero-order valence-electron chi connectivity index (χ0n) is 17.4. The molecule has 0 aliphatic heterocycles. The molecular formula is C23H21N5O3S. The van der Waals surface area contributed by atoms with E-state index in [-0.39, 0.29) is 5.97 Å². The molecule has 162 valence electrons. The lowest BCUT2D eigenvalue weighted by Crippen LogP contribution is -2.12. The van der Waals surface area contributed by atoms with Crippen molar-refractivity contribution >= 4 is 39.9 Å². The van der Waals surface area contributed by atoms with E-state index in [0.717, 1.165) is 21.5 Å². The number of fused-ring (bicyclic) bond motifs is 1. The van der Waals surface area contributed by atoms with Crippen molar-refractivity contribution in [1.82, 2.24) is 15.0 Å². The molecule has 0 aliphatic carbocycles. The maximum Gasteiger partial charge on any atom is 0.349 e. The van der Waals surface area contributed by atoms with E-state index in [2.05, 4.69) is 26.3 Å². The number of ether oxygens (including phenoxy) is 1. The Kier molecular flexibility index (Phi) is 6.37. The van der Waals surface area contributed by atoms with E-state index in [1.54, 1.807) is 25.3 Å². The molecule has 1 amide bonds. The summed E-state index contributed by atoms with van der Waals surface area (Å²) < 4.78 is 5.02. The maximum absolute atomic E-state index is 11.8. The highest BCUT2D eigenvalue weighted by molar-refractivity contribution is 7.13. The molecule has 0 radical (unpaired) electrons. The highest BCUT2D eigenvalue weighted by Gasteiger charge is 2.13. The molecule has 0 saturated heterocycles. The number of carbonyl (C=O) groups excluding carboxylic acids is 2. The van der Waals surface area contributed by atoms with Gasteiger partial charge in [-0.05, 0) is 30.2 Å². The summed E-state index contributed by atoms with van der Waals surface area (Å²) >= 11 is 1.34. The molecule has 0 bridgehead atoms. The van der Waals surface area contributed by atoms with E-state index in [0.29, 0.717) is 41.3 Å². The van der Waals surface area contributed by atoms with Gasteiger partial charge in [0.05, 0.1) is 28.9 Å². The van der Waals surface area contributed by atoms with E-state index < -0.39 is 5.91 Å². The van der Waals surface area contributed by atoms with Gasteiger partial charge < -0.3 is 15.8 Å². The van der Waals surface area contributed by atoms with Crippen molar-refractivity contribution in [2.45, 2.75) is 19.9 Å². The zero-order valence-corrected chi connectivity index (χ0v) is 18.2. The second kappa shape index (κ2) is 9.52. The van der Waals surface area contributed by atoms with Crippen molar-refractivity contribution in [1.29, 1.82) is 0 Å². The predicted octanol–water partition coefficient (Wildman–Crippen LogP) is 3.56. The number of rotatable bonds is 8. The quantitative estimate of drug-likeness (QED) is 0.396. The zero-order chi connectivity index (χ0) is 22.5. The molecule has 4 rings (SSSR count). The van der Waals surface area contributed by atoms with Crippen molar-refractivity contribution in [3.8, 4) is 0 Å². The lowest BCUT2D eigenvalue weighted by molar-refractivity contribution is 0.0531. The fourth-order valence-corrected chi connectivity index (χ4v) is 4.17. The molecule has 8 nitrogen and oxygen atoms in total. The Bertz CT molecular complexity index is 1290. The van der Waals surface area contributed by atoms with Crippen LogP contribution < -0.4 is 11.1 Å². The fourth-order valence-electron chi connectivity index (χ4n) is 3.33. The van der Waals surface area contributed by atoms with Crippen molar-refractivity contribution < 1.29 is 14.3 Å². The minimum absolute atomic E-state index is 0.340. The molecule has 2 aromatic heterocycles. The molecule has 32 heavy (non-hydrogen) atoms. The van der Waals surface area contributed by atoms with Crippen LogP contribution in [0.2, 0.25) is 0 Å². The number of anilines is 1. The summed E-state index contributed by atoms with van der Waals surface area (Å²) in [5.41, 5.74) is 8.48. The molecule has 9 heteroatoms. The number of amides is 1. The van der Waals surface area contributed by atoms with Crippen LogP contribution in [0.5, 0.6) is 0 Å². The van der Waals surface area contributed by atoms with Gasteiger partial charge in [0.25, 0.3) is 5.91 Å². The first-order valence-electron chi connectivity index (χ1n) is 10.0. The highest BCUT2D eigenvalue weighted by Crippen LogP contribution is 2.23. The molecule has 0 unspecified atom stereocenters. The molecule has 0 fully saturated rings. The van der Waals surface area contributed by atoms with Gasteiger partial charge >= 0.3 is 5.97 Å². The van der Waals surface area contributed by atoms with Crippen LogP contribution >= 0.6 is 11.3 Å². The maximum atomic E-state index is 11.8. The molecule has 0 aliphatic rings. The van der Waals surface area contributed by atoms with Crippen LogP contribution in [0.25, 0.3) is 10.9 Å². The van der Waals surface area contributed by atoms with Crippen LogP contribution in [0.3, 0.4) is 0 Å². The van der Waals surface area contributed by atoms with Crippen LogP contribution in [0, 0.1) is 0 Å². The summed E-state index contributed by atoms with van der Waals surface area (Å²) in [6.07, 6.45) is 3.59. The molecule has 0 spiro atoms. The number of nitrogens with zero attached hydrogens (tertiary/aromatic N) is 3. The molecule has 2 heterocycles. The topological polar surface area (TPSA) is 120 Å². The van der Waals surface area contributed by atoms with Gasteiger partial charge in [0.1, 0.15) is 17.0 Å². The van der Waals surface area contributed by atoms with E-state index in [9.17, 15) is 9.59 Å². The second-order valence-electron chi connectivity index (χ2n) is 6.98. The Balaban J connectivity index is 1.48. The summed E-state index contributed by atoms with van der Waals surface area (Å²) in [7, 11) is 0. The lowest BCUT2D eigenvalue weighted by Gasteiger charge is -2.10. The summed E-state index contributed by atoms with van der Waals surface area (Å²) in [6, 6.07) is 13.4. The number of hydrogen-bond donors (Lipinski definition) is 2. The molecule has 0 atom stereocenters. The number of hydrogen-bond acceptors (Lipinski definition) is 8. The second-order valence-corrected chi connectivity index (χ2v) is 8.09. The Morgan fingerprint density at radius 3 is 2.72 bits per heavy atom. The average Bonchev–Trinajstić information content (AvgIpc) is 3.26. The van der Waals surface area contributed by atoms with Gasteiger partial charge in [-0.15, -0.1) is 11.3 Å². The average molecular weight is 448 g/mol. The molecule has 2 aromatic carbocycles. The number of carbonyl (C=O) groups is 2. The third-order valence-electron chi connectivity index (χ3n) is 4.77. The number of esters is 1. The van der Waals surface area contributed by atoms with Crippen molar-refractivity contribution in [2.75, 3.05) is 11.9 Å². The van der Waals surface area contributed by atoms with Gasteiger partial charge in [-0.2, -0.15) is 0 Å². The van der Waals surface area contributed by atoms with Crippen LogP contribution in [-0.4, -0.2) is 33.4 Å². The van der Waals surface area contributed by atoms with Crippen molar-refractivity contribution in [3.05, 3.63) is 81.6 Å². The summed E-state index contributed by atoms with van der Waals surface area (Å²) in [4.78, 5) is 36.9. The van der Waals surface area contributed by atoms with Gasteiger partial charge in [0.15, 0.2) is 0 Å². The summed E-state index contributed by atoms with van der Waals surface area (Å²) in [5, 5.41) is 4.89. The number of aromatic nitrogens is 3. The van der Waals surface area contributed by atoms with Crippen LogP contribution in [-0.2, 0) is 17.7 Å². The third kappa shape index (κ3) is 4.73. The Morgan fingerprint density at radius 1 is 1.09 bits per heavy atom. The van der Waals surface area contributed by atoms with Crippen molar-refractivity contribution in [3.63, 3.8) is 0 Å². The van der Waals surface area contributed by atoms with Crippen LogP contribution in [0.4, 0.5) is 5.82 Å². The molecule has 0 saturated carbocycles. The number of para-hydroxylation sites is 1. The number of thiazole rings is 1. The Morgan fingerprint density at radius 2 is 1.91 bits per heavy atom. The third-order valence-corrected chi connectivity index (χ3v) is 5.74. The Hall–Kier alpha value is -3.85. The van der Waals surface area contributed by atoms with E-state index in [4.69, 9.17) is 10.5 Å². The smallest absolute Gasteiger partial charge is 0.349 e. The SMILES string of the molecule is CCOC(=O)c1cnc(Cc2cccc(CNc3ncnc4c(C(N)=O)cccc34)c2)s1. The monoisotopic (exact) mass is 447 g/mol. The van der Waals surface area contributed by atoms with Crippen LogP contribution in [0.1, 0.15) is 43.1 Å². The number of nitrogens with two attached hydrogens (primary N) is 1. The largest absolute Gasteiger partial charge is 0.462 e. The van der Waals surface area contributed by atoms with Gasteiger partial charge in [-0.1, -0.05) is 30.3 Å². The Labute approximate surface area is 188 Å². The predicted molar refractivity (Wildman–Crippen MR) is 123 cm³/mol. The van der Waals surface area contributed by atoms with Gasteiger partial charge in [0.2, 0.25) is 0 Å². The first kappa shape index (κ1) is 21.4. The minimum atomic E-state index is -0.527. The summed E-state index contributed by atoms with van der Waals surface area (Å²) in [6.45, 7) is 2.65. The molecule has 4 aromatic rings. The van der Waals surface area contributed by atoms with Gasteiger partial charge in [-0.3, -0.25) is 4.79 Å². The molecular weight excluding hydrogens is 426 g/mol. The number of nitrogens with one attached hydrogen (secondary N) is 1. The number of benzene rings is 2. The lowest BCUT2D eigenvalue weighted by atomic mass is 10.1. The van der Waals surface area contributed by atoms with Crippen LogP contribution in [0.15, 0.2) is 55.0 Å². The van der Waals surface area contributed by atoms with E-state index in [1.807, 2.05) is 24.3 Å². The van der Waals surface area contributed by atoms with E-state index >= 15 is 0 Å². The van der Waals surface area contributed by atoms with Gasteiger partial charge in [-0.25, -0.2) is 19.7 Å². The first-order valence-corrected chi connectivity index (χ1v) is 10.8. The number of primary amides is 1. The summed E-state index contributed by atoms with van der Waals surface area (Å²) in [5.74, 6) is -0.241. The normalized spacial score (nSPS) is 10.8. The standard InChI is InChI=1S/C23H21N5O3S/c1-2-31-23(30)18-12-25-19(32-18)10-14-5-3-6-15(9-14)11-26-22-17-8-4-7-16(21(24)29)20(17)27-13-28-22/h3-9,12-13H,2,10-11H2,1H3,(H2,24,29)(H,26,27,28). The van der Waals surface area contributed by atoms with Gasteiger partial charge in [0, 0.05) is 18.4 Å². The minimum Gasteiger partial charge on any atom is -0.462 e. The molecule has 3 N–H and O–H groups in total. The first-order chi connectivity index (χ1) is 15.5. The van der Waals surface area contributed by atoms with Crippen molar-refractivity contribution in [2.24, 2.45) is 5.73 Å². The van der Waals surface area contributed by atoms with E-state index in [1.165, 1.54) is 17.7 Å². The fraction of sp³-hybridized carbons (Fsp3) is 0.174. The highest BCUT2D eigenvalue weighted by atomic mass is 32.1.